The predicted octanol–water partition coefficient (Wildman–Crippen LogP) is 7.48. The zero-order valence-electron chi connectivity index (χ0n) is 19.3. The van der Waals surface area contributed by atoms with Gasteiger partial charge in [-0.05, 0) is 73.5 Å². The summed E-state index contributed by atoms with van der Waals surface area (Å²) < 4.78 is 0. The maximum Gasteiger partial charge on any atom is 0.192 e. The van der Waals surface area contributed by atoms with E-state index in [1.165, 1.54) is 5.56 Å². The summed E-state index contributed by atoms with van der Waals surface area (Å²) in [6, 6.07) is 10.1. The summed E-state index contributed by atoms with van der Waals surface area (Å²) >= 11 is 0. The molecule has 0 amide bonds. The van der Waals surface area contributed by atoms with Gasteiger partial charge in [0.05, 0.1) is 0 Å². The van der Waals surface area contributed by atoms with Crippen molar-refractivity contribution in [2.45, 2.75) is 73.6 Å². The van der Waals surface area contributed by atoms with Crippen molar-refractivity contribution in [1.29, 1.82) is 0 Å². The average Bonchev–Trinajstić information content (AvgIpc) is 2.60. The van der Waals surface area contributed by atoms with Gasteiger partial charge in [0.15, 0.2) is 11.0 Å². The Bertz CT molecular complexity index is 876. The Kier molecular flexibility index (Phi) is 7.57. The Hall–Kier alpha value is -1.79. The monoisotopic (exact) mass is 410 g/mol. The number of unbranched alkanes of at least 4 members (excludes halogenated alkanes) is 1. The van der Waals surface area contributed by atoms with E-state index in [4.69, 9.17) is 0 Å². The molecule has 2 rings (SSSR count). The molecule has 0 aromatic heterocycles. The van der Waals surface area contributed by atoms with E-state index in [0.29, 0.717) is 6.16 Å². The lowest BCUT2D eigenvalue weighted by molar-refractivity contribution is 0.105. The van der Waals surface area contributed by atoms with Crippen LogP contribution in [0.5, 0.6) is 0 Å². The van der Waals surface area contributed by atoms with Crippen molar-refractivity contribution in [3.8, 4) is 0 Å². The van der Waals surface area contributed by atoms with Crippen LogP contribution in [0, 0.1) is 27.7 Å². The molecule has 1 unspecified atom stereocenters. The number of carbonyl (C=O) groups is 2. The van der Waals surface area contributed by atoms with Gasteiger partial charge in [-0.2, -0.15) is 0 Å². The molecular weight excluding hydrogens is 375 g/mol. The zero-order chi connectivity index (χ0) is 21.9. The van der Waals surface area contributed by atoms with Gasteiger partial charge in [-0.25, -0.2) is 0 Å². The number of hydrogen-bond acceptors (Lipinski definition) is 2. The van der Waals surface area contributed by atoms with Gasteiger partial charge in [0.2, 0.25) is 0 Å². The van der Waals surface area contributed by atoms with Crippen LogP contribution < -0.4 is 0 Å². The fourth-order valence-electron chi connectivity index (χ4n) is 3.77. The first kappa shape index (κ1) is 23.5. The lowest BCUT2D eigenvalue weighted by Gasteiger charge is -2.24. The van der Waals surface area contributed by atoms with Crippen LogP contribution in [0.1, 0.15) is 89.1 Å². The van der Waals surface area contributed by atoms with E-state index in [1.54, 1.807) is 0 Å². The molecule has 29 heavy (non-hydrogen) atoms. The lowest BCUT2D eigenvalue weighted by Crippen LogP contribution is -2.16. The number of carbonyl (C=O) groups excluding carboxylic acids is 2. The average molecular weight is 411 g/mol. The van der Waals surface area contributed by atoms with E-state index in [9.17, 15) is 9.59 Å². The van der Waals surface area contributed by atoms with E-state index in [2.05, 4.69) is 39.8 Å². The van der Waals surface area contributed by atoms with Crippen molar-refractivity contribution in [2.24, 2.45) is 0 Å². The summed E-state index contributed by atoms with van der Waals surface area (Å²) in [7, 11) is -1.42. The fraction of sp³-hybridized carbons (Fsp3) is 0.462. The minimum atomic E-state index is -1.42. The maximum atomic E-state index is 13.7. The standard InChI is InChI=1S/C26H35O2P/c1-9-10-14-29(24(27)22-17(2)12-11-13-18(22)3)25(28)23-19(4)15-21(16-20(23)5)26(6,7)8/h11-13,15-16H,9-10,14H2,1-8H3. The Labute approximate surface area is 177 Å². The fourth-order valence-corrected chi connectivity index (χ4v) is 6.24. The molecule has 0 saturated carbocycles. The second-order valence-electron chi connectivity index (χ2n) is 9.12. The largest absolute Gasteiger partial charge is 0.289 e. The smallest absolute Gasteiger partial charge is 0.192 e. The third-order valence-electron chi connectivity index (χ3n) is 5.53. The van der Waals surface area contributed by atoms with Gasteiger partial charge < -0.3 is 0 Å². The van der Waals surface area contributed by atoms with Crippen LogP contribution in [-0.2, 0) is 5.41 Å². The van der Waals surface area contributed by atoms with Gasteiger partial charge in [-0.15, -0.1) is 0 Å². The summed E-state index contributed by atoms with van der Waals surface area (Å²) in [5, 5.41) is 0. The van der Waals surface area contributed by atoms with Crippen LogP contribution in [0.15, 0.2) is 30.3 Å². The molecule has 2 aromatic carbocycles. The second kappa shape index (κ2) is 9.35. The summed E-state index contributed by atoms with van der Waals surface area (Å²) in [5.74, 6) is 0. The molecule has 156 valence electrons. The number of aryl methyl sites for hydroxylation is 4. The Morgan fingerprint density at radius 1 is 0.828 bits per heavy atom. The topological polar surface area (TPSA) is 34.1 Å². The first-order chi connectivity index (χ1) is 13.5. The molecule has 2 aromatic rings. The number of benzene rings is 2. The molecule has 0 heterocycles. The van der Waals surface area contributed by atoms with Gasteiger partial charge in [0.1, 0.15) is 0 Å². The van der Waals surface area contributed by atoms with Crippen LogP contribution >= 0.6 is 7.92 Å². The van der Waals surface area contributed by atoms with Crippen LogP contribution in [0.2, 0.25) is 0 Å². The zero-order valence-corrected chi connectivity index (χ0v) is 20.2. The van der Waals surface area contributed by atoms with Crippen molar-refractivity contribution >= 4 is 19.0 Å². The molecule has 0 aliphatic rings. The van der Waals surface area contributed by atoms with Gasteiger partial charge in [0.25, 0.3) is 0 Å². The third-order valence-corrected chi connectivity index (χ3v) is 7.72. The highest BCUT2D eigenvalue weighted by Crippen LogP contribution is 2.46. The molecule has 0 fully saturated rings. The van der Waals surface area contributed by atoms with Crippen molar-refractivity contribution in [1.82, 2.24) is 0 Å². The molecule has 0 bridgehead atoms. The summed E-state index contributed by atoms with van der Waals surface area (Å²) in [5.41, 5.74) is 6.71. The van der Waals surface area contributed by atoms with Crippen molar-refractivity contribution in [2.75, 3.05) is 6.16 Å². The van der Waals surface area contributed by atoms with Gasteiger partial charge >= 0.3 is 0 Å². The minimum Gasteiger partial charge on any atom is -0.289 e. The van der Waals surface area contributed by atoms with E-state index in [0.717, 1.165) is 46.2 Å². The maximum absolute atomic E-state index is 13.7. The van der Waals surface area contributed by atoms with Crippen LogP contribution in [0.3, 0.4) is 0 Å². The predicted molar refractivity (Wildman–Crippen MR) is 126 cm³/mol. The minimum absolute atomic E-state index is 0.0259. The van der Waals surface area contributed by atoms with Gasteiger partial charge in [-0.3, -0.25) is 9.59 Å². The van der Waals surface area contributed by atoms with E-state index in [-0.39, 0.29) is 16.5 Å². The number of hydrogen-bond donors (Lipinski definition) is 0. The highest BCUT2D eigenvalue weighted by Gasteiger charge is 2.31. The molecule has 3 heteroatoms. The Balaban J connectivity index is 2.54. The van der Waals surface area contributed by atoms with Crippen LogP contribution in [0.25, 0.3) is 0 Å². The molecule has 2 nitrogen and oxygen atoms in total. The van der Waals surface area contributed by atoms with Crippen molar-refractivity contribution in [3.05, 3.63) is 69.3 Å². The molecule has 0 radical (unpaired) electrons. The second-order valence-corrected chi connectivity index (χ2v) is 11.2. The van der Waals surface area contributed by atoms with Crippen molar-refractivity contribution in [3.63, 3.8) is 0 Å². The molecule has 1 atom stereocenters. The first-order valence-electron chi connectivity index (χ1n) is 10.5. The normalized spacial score (nSPS) is 12.7. The summed E-state index contributed by atoms with van der Waals surface area (Å²) in [6.07, 6.45) is 2.54. The molecule has 0 saturated heterocycles. The molecule has 0 spiro atoms. The highest BCUT2D eigenvalue weighted by atomic mass is 31.1. The van der Waals surface area contributed by atoms with Crippen LogP contribution in [0.4, 0.5) is 0 Å². The van der Waals surface area contributed by atoms with E-state index >= 15 is 0 Å². The third kappa shape index (κ3) is 5.23. The summed E-state index contributed by atoms with van der Waals surface area (Å²) in [6.45, 7) is 16.6. The molecule has 0 N–H and O–H groups in total. The quantitative estimate of drug-likeness (QED) is 0.443. The van der Waals surface area contributed by atoms with Gasteiger partial charge in [-0.1, -0.05) is 64.4 Å². The van der Waals surface area contributed by atoms with E-state index in [1.807, 2.05) is 45.9 Å². The Morgan fingerprint density at radius 2 is 1.28 bits per heavy atom. The SMILES string of the molecule is CCCCP(C(=O)c1c(C)cccc1C)C(=O)c1c(C)cc(C(C)(C)C)cc1C. The molecule has 0 aliphatic carbocycles. The molecular formula is C26H35O2P. The molecule has 0 aliphatic heterocycles. The summed E-state index contributed by atoms with van der Waals surface area (Å²) in [4.78, 5) is 27.3. The number of rotatable bonds is 7. The highest BCUT2D eigenvalue weighted by molar-refractivity contribution is 7.90. The van der Waals surface area contributed by atoms with Crippen molar-refractivity contribution < 1.29 is 9.59 Å². The lowest BCUT2D eigenvalue weighted by atomic mass is 9.84. The first-order valence-corrected chi connectivity index (χ1v) is 12.1. The van der Waals surface area contributed by atoms with Gasteiger partial charge in [0, 0.05) is 19.0 Å². The van der Waals surface area contributed by atoms with Crippen LogP contribution in [-0.4, -0.2) is 17.2 Å². The van der Waals surface area contributed by atoms with E-state index < -0.39 is 7.92 Å². The Morgan fingerprint density at radius 3 is 1.69 bits per heavy atom.